The number of halogens is 1. The Hall–Kier alpha value is -1.85. The van der Waals surface area contributed by atoms with E-state index in [1.165, 1.54) is 0 Å². The van der Waals surface area contributed by atoms with Gasteiger partial charge in [0, 0.05) is 17.4 Å². The molecule has 2 aromatic rings. The smallest absolute Gasteiger partial charge is 0.261 e. The van der Waals surface area contributed by atoms with Gasteiger partial charge in [0.25, 0.3) is 5.91 Å². The van der Waals surface area contributed by atoms with E-state index in [0.717, 1.165) is 5.56 Å². The van der Waals surface area contributed by atoms with Gasteiger partial charge in [0.1, 0.15) is 6.04 Å². The molecule has 6 heteroatoms. The van der Waals surface area contributed by atoms with E-state index >= 15 is 0 Å². The largest absolute Gasteiger partial charge is 0.321 e. The lowest BCUT2D eigenvalue weighted by molar-refractivity contribution is -0.123. The summed E-state index contributed by atoms with van der Waals surface area (Å²) in [7, 11) is 0. The minimum absolute atomic E-state index is 0.315. The number of carbonyl (C=O) groups is 1. The molecule has 88 valence electrons. The van der Waals surface area contributed by atoms with Crippen molar-refractivity contribution in [2.75, 3.05) is 0 Å². The third kappa shape index (κ3) is 2.46. The molecule has 0 radical (unpaired) electrons. The minimum Gasteiger partial charge on any atom is -0.321 e. The Morgan fingerprint density at radius 3 is 2.65 bits per heavy atom. The SMILES string of the molecule is NNC(=O)C(c1ccc(Cl)cc1)n1ccnc1. The fraction of sp³-hybridized carbons (Fsp3) is 0.0909. The van der Waals surface area contributed by atoms with Gasteiger partial charge in [-0.25, -0.2) is 10.8 Å². The lowest BCUT2D eigenvalue weighted by Gasteiger charge is -2.16. The number of amides is 1. The number of rotatable bonds is 3. The number of hydrogen-bond donors (Lipinski definition) is 2. The third-order valence-corrected chi connectivity index (χ3v) is 2.65. The molecule has 0 fully saturated rings. The number of imidazole rings is 1. The number of hydrazine groups is 1. The Labute approximate surface area is 103 Å². The van der Waals surface area contributed by atoms with Gasteiger partial charge in [0.2, 0.25) is 0 Å². The van der Waals surface area contributed by atoms with Crippen LogP contribution >= 0.6 is 11.6 Å². The zero-order chi connectivity index (χ0) is 12.3. The lowest BCUT2D eigenvalue weighted by atomic mass is 10.1. The summed E-state index contributed by atoms with van der Waals surface area (Å²) in [5, 5.41) is 0.617. The summed E-state index contributed by atoms with van der Waals surface area (Å²) in [6.45, 7) is 0. The first-order valence-electron chi connectivity index (χ1n) is 4.95. The van der Waals surface area contributed by atoms with E-state index in [9.17, 15) is 4.79 Å². The normalized spacial score (nSPS) is 12.1. The van der Waals surface area contributed by atoms with E-state index in [-0.39, 0.29) is 5.91 Å². The minimum atomic E-state index is -0.542. The number of nitrogens with one attached hydrogen (secondary N) is 1. The Bertz CT molecular complexity index is 495. The number of aromatic nitrogens is 2. The predicted molar refractivity (Wildman–Crippen MR) is 64.1 cm³/mol. The molecule has 1 atom stereocenters. The average Bonchev–Trinajstić information content (AvgIpc) is 2.85. The third-order valence-electron chi connectivity index (χ3n) is 2.40. The Morgan fingerprint density at radius 1 is 1.41 bits per heavy atom. The van der Waals surface area contributed by atoms with Crippen molar-refractivity contribution < 1.29 is 4.79 Å². The van der Waals surface area contributed by atoms with Crippen LogP contribution < -0.4 is 11.3 Å². The maximum absolute atomic E-state index is 11.8. The van der Waals surface area contributed by atoms with Gasteiger partial charge in [-0.2, -0.15) is 0 Å². The van der Waals surface area contributed by atoms with Crippen molar-refractivity contribution in [3.05, 3.63) is 53.6 Å². The van der Waals surface area contributed by atoms with E-state index in [2.05, 4.69) is 10.4 Å². The zero-order valence-electron chi connectivity index (χ0n) is 8.88. The number of hydrogen-bond acceptors (Lipinski definition) is 3. The van der Waals surface area contributed by atoms with Gasteiger partial charge in [-0.15, -0.1) is 0 Å². The predicted octanol–water partition coefficient (Wildman–Crippen LogP) is 1.12. The molecule has 1 unspecified atom stereocenters. The second-order valence-corrected chi connectivity index (χ2v) is 3.91. The molecule has 5 nitrogen and oxygen atoms in total. The summed E-state index contributed by atoms with van der Waals surface area (Å²) < 4.78 is 1.67. The molecule has 2 rings (SSSR count). The highest BCUT2D eigenvalue weighted by atomic mass is 35.5. The molecule has 0 saturated carbocycles. The van der Waals surface area contributed by atoms with Crippen molar-refractivity contribution in [2.45, 2.75) is 6.04 Å². The van der Waals surface area contributed by atoms with Crippen LogP contribution in [0.15, 0.2) is 43.0 Å². The van der Waals surface area contributed by atoms with Crippen LogP contribution in [0.5, 0.6) is 0 Å². The summed E-state index contributed by atoms with van der Waals surface area (Å²) in [5.74, 6) is 4.87. The molecule has 0 bridgehead atoms. The van der Waals surface area contributed by atoms with Crippen molar-refractivity contribution in [3.63, 3.8) is 0 Å². The molecule has 1 aromatic heterocycles. The van der Waals surface area contributed by atoms with Crippen LogP contribution in [-0.4, -0.2) is 15.5 Å². The fourth-order valence-corrected chi connectivity index (χ4v) is 1.73. The second-order valence-electron chi connectivity index (χ2n) is 3.47. The topological polar surface area (TPSA) is 72.9 Å². The van der Waals surface area contributed by atoms with Crippen molar-refractivity contribution in [1.82, 2.24) is 15.0 Å². The molecule has 0 spiro atoms. The van der Waals surface area contributed by atoms with Crippen molar-refractivity contribution in [2.24, 2.45) is 5.84 Å². The monoisotopic (exact) mass is 250 g/mol. The van der Waals surface area contributed by atoms with Gasteiger partial charge < -0.3 is 4.57 Å². The van der Waals surface area contributed by atoms with Gasteiger partial charge in [-0.1, -0.05) is 23.7 Å². The molecular weight excluding hydrogens is 240 g/mol. The molecule has 1 amide bonds. The molecule has 0 aliphatic rings. The van der Waals surface area contributed by atoms with E-state index in [1.54, 1.807) is 47.6 Å². The standard InChI is InChI=1S/C11H11ClN4O/c12-9-3-1-8(2-4-9)10(11(17)15-13)16-6-5-14-7-16/h1-7,10H,13H2,(H,15,17). The van der Waals surface area contributed by atoms with Gasteiger partial charge in [-0.3, -0.25) is 10.2 Å². The van der Waals surface area contributed by atoms with Crippen molar-refractivity contribution >= 4 is 17.5 Å². The first kappa shape index (κ1) is 11.6. The highest BCUT2D eigenvalue weighted by Gasteiger charge is 2.20. The molecule has 0 saturated heterocycles. The zero-order valence-corrected chi connectivity index (χ0v) is 9.63. The quantitative estimate of drug-likeness (QED) is 0.487. The van der Waals surface area contributed by atoms with Crippen LogP contribution in [0, 0.1) is 0 Å². The summed E-state index contributed by atoms with van der Waals surface area (Å²) in [6, 6.07) is 6.47. The fourth-order valence-electron chi connectivity index (χ4n) is 1.61. The molecule has 1 aromatic carbocycles. The number of carbonyl (C=O) groups excluding carboxylic acids is 1. The lowest BCUT2D eigenvalue weighted by Crippen LogP contribution is -2.37. The van der Waals surface area contributed by atoms with Crippen LogP contribution in [-0.2, 0) is 4.79 Å². The Kier molecular flexibility index (Phi) is 3.41. The second kappa shape index (κ2) is 4.99. The van der Waals surface area contributed by atoms with Gasteiger partial charge in [-0.05, 0) is 17.7 Å². The first-order valence-corrected chi connectivity index (χ1v) is 5.33. The van der Waals surface area contributed by atoms with Crippen LogP contribution in [0.1, 0.15) is 11.6 Å². The van der Waals surface area contributed by atoms with Crippen LogP contribution in [0.25, 0.3) is 0 Å². The summed E-state index contributed by atoms with van der Waals surface area (Å²) >= 11 is 5.81. The van der Waals surface area contributed by atoms with E-state index < -0.39 is 6.04 Å². The summed E-state index contributed by atoms with van der Waals surface area (Å²) in [5.41, 5.74) is 2.93. The number of nitrogens with two attached hydrogens (primary N) is 1. The van der Waals surface area contributed by atoms with E-state index in [1.807, 2.05) is 0 Å². The molecule has 17 heavy (non-hydrogen) atoms. The van der Waals surface area contributed by atoms with Gasteiger partial charge >= 0.3 is 0 Å². The number of nitrogens with zero attached hydrogens (tertiary/aromatic N) is 2. The summed E-state index contributed by atoms with van der Waals surface area (Å²) in [6.07, 6.45) is 4.87. The molecule has 0 aliphatic heterocycles. The van der Waals surface area contributed by atoms with Crippen molar-refractivity contribution in [1.29, 1.82) is 0 Å². The average molecular weight is 251 g/mol. The first-order chi connectivity index (χ1) is 8.22. The van der Waals surface area contributed by atoms with E-state index in [4.69, 9.17) is 17.4 Å². The molecule has 3 N–H and O–H groups in total. The van der Waals surface area contributed by atoms with Crippen LogP contribution in [0.4, 0.5) is 0 Å². The molecular formula is C11H11ClN4O. The van der Waals surface area contributed by atoms with Crippen LogP contribution in [0.2, 0.25) is 5.02 Å². The Morgan fingerprint density at radius 2 is 2.12 bits per heavy atom. The maximum Gasteiger partial charge on any atom is 0.261 e. The molecule has 1 heterocycles. The highest BCUT2D eigenvalue weighted by molar-refractivity contribution is 6.30. The number of benzene rings is 1. The highest BCUT2D eigenvalue weighted by Crippen LogP contribution is 2.20. The van der Waals surface area contributed by atoms with Crippen molar-refractivity contribution in [3.8, 4) is 0 Å². The van der Waals surface area contributed by atoms with Gasteiger partial charge in [0.15, 0.2) is 0 Å². The van der Waals surface area contributed by atoms with E-state index in [0.29, 0.717) is 5.02 Å². The van der Waals surface area contributed by atoms with Crippen LogP contribution in [0.3, 0.4) is 0 Å². The van der Waals surface area contributed by atoms with Gasteiger partial charge in [0.05, 0.1) is 6.33 Å². The Balaban J connectivity index is 2.40. The summed E-state index contributed by atoms with van der Waals surface area (Å²) in [4.78, 5) is 15.7. The maximum atomic E-state index is 11.8. The molecule has 0 aliphatic carbocycles.